The number of carbonyl (C=O) groups is 1. The molecule has 0 fully saturated rings. The number of rotatable bonds is 2. The number of aryl methyl sites for hydroxylation is 1. The zero-order valence-electron chi connectivity index (χ0n) is 8.29. The van der Waals surface area contributed by atoms with Gasteiger partial charge in [0, 0.05) is 6.92 Å². The molecule has 0 saturated carbocycles. The standard InChI is InChI=1S/C8H12N4OS/c1-4-6(11-5(2)13)7(9)12-8(10-4)14-3/h1-3H3,(H,11,13)(H2,9,10,12). The lowest BCUT2D eigenvalue weighted by atomic mass is 10.3. The minimum atomic E-state index is -0.180. The molecule has 14 heavy (non-hydrogen) atoms. The van der Waals surface area contributed by atoms with Crippen molar-refractivity contribution in [3.8, 4) is 0 Å². The van der Waals surface area contributed by atoms with Crippen molar-refractivity contribution in [1.82, 2.24) is 9.97 Å². The molecule has 1 rings (SSSR count). The first-order chi connectivity index (χ1) is 6.54. The van der Waals surface area contributed by atoms with E-state index in [1.54, 1.807) is 6.92 Å². The Bertz CT molecular complexity index is 343. The number of nitrogens with zero attached hydrogens (tertiary/aromatic N) is 2. The van der Waals surface area contributed by atoms with Crippen molar-refractivity contribution in [2.45, 2.75) is 19.0 Å². The van der Waals surface area contributed by atoms with Crippen LogP contribution in [0.4, 0.5) is 11.5 Å². The lowest BCUT2D eigenvalue weighted by Crippen LogP contribution is -2.12. The number of nitrogens with two attached hydrogens (primary N) is 1. The molecular formula is C8H12N4OS. The number of amides is 1. The van der Waals surface area contributed by atoms with Gasteiger partial charge in [0.1, 0.15) is 5.69 Å². The number of nitrogens with one attached hydrogen (secondary N) is 1. The van der Waals surface area contributed by atoms with E-state index in [-0.39, 0.29) is 5.91 Å². The zero-order chi connectivity index (χ0) is 10.7. The molecule has 0 unspecified atom stereocenters. The van der Waals surface area contributed by atoms with Gasteiger partial charge in [0.05, 0.1) is 5.69 Å². The number of hydrogen-bond acceptors (Lipinski definition) is 5. The molecule has 76 valence electrons. The summed E-state index contributed by atoms with van der Waals surface area (Å²) in [6.07, 6.45) is 1.87. The first-order valence-electron chi connectivity index (χ1n) is 4.00. The third-order valence-electron chi connectivity index (χ3n) is 1.58. The van der Waals surface area contributed by atoms with Crippen LogP contribution in [0.1, 0.15) is 12.6 Å². The van der Waals surface area contributed by atoms with Gasteiger partial charge in [-0.3, -0.25) is 4.79 Å². The third kappa shape index (κ3) is 2.35. The molecule has 0 aliphatic rings. The second-order valence-corrected chi connectivity index (χ2v) is 3.51. The van der Waals surface area contributed by atoms with Crippen LogP contribution in [0.3, 0.4) is 0 Å². The fraction of sp³-hybridized carbons (Fsp3) is 0.375. The van der Waals surface area contributed by atoms with E-state index in [9.17, 15) is 4.79 Å². The van der Waals surface area contributed by atoms with Crippen molar-refractivity contribution in [1.29, 1.82) is 0 Å². The van der Waals surface area contributed by atoms with Gasteiger partial charge in [0.2, 0.25) is 5.91 Å². The molecule has 0 saturated heterocycles. The topological polar surface area (TPSA) is 80.9 Å². The highest BCUT2D eigenvalue weighted by molar-refractivity contribution is 7.98. The minimum Gasteiger partial charge on any atom is -0.382 e. The average Bonchev–Trinajstić information content (AvgIpc) is 2.10. The Hall–Kier alpha value is -1.30. The summed E-state index contributed by atoms with van der Waals surface area (Å²) >= 11 is 1.41. The molecule has 1 aromatic rings. The molecule has 0 radical (unpaired) electrons. The maximum atomic E-state index is 10.8. The summed E-state index contributed by atoms with van der Waals surface area (Å²) in [6, 6.07) is 0. The third-order valence-corrected chi connectivity index (χ3v) is 2.13. The van der Waals surface area contributed by atoms with Gasteiger partial charge in [-0.05, 0) is 13.2 Å². The van der Waals surface area contributed by atoms with Crippen LogP contribution in [0.15, 0.2) is 5.16 Å². The van der Waals surface area contributed by atoms with Gasteiger partial charge in [-0.15, -0.1) is 0 Å². The Balaban J connectivity index is 3.11. The van der Waals surface area contributed by atoms with Gasteiger partial charge < -0.3 is 11.1 Å². The molecule has 3 N–H and O–H groups in total. The second-order valence-electron chi connectivity index (χ2n) is 2.74. The van der Waals surface area contributed by atoms with Crippen LogP contribution in [0.25, 0.3) is 0 Å². The summed E-state index contributed by atoms with van der Waals surface area (Å²) in [7, 11) is 0. The summed E-state index contributed by atoms with van der Waals surface area (Å²) < 4.78 is 0. The molecular weight excluding hydrogens is 200 g/mol. The first-order valence-corrected chi connectivity index (χ1v) is 5.22. The van der Waals surface area contributed by atoms with Crippen molar-refractivity contribution in [3.05, 3.63) is 5.69 Å². The predicted octanol–water partition coefficient (Wildman–Crippen LogP) is 1.05. The Kier molecular flexibility index (Phi) is 3.29. The fourth-order valence-electron chi connectivity index (χ4n) is 0.990. The van der Waals surface area contributed by atoms with E-state index in [4.69, 9.17) is 5.73 Å². The van der Waals surface area contributed by atoms with E-state index in [0.717, 1.165) is 0 Å². The number of nitrogen functional groups attached to an aromatic ring is 1. The monoisotopic (exact) mass is 212 g/mol. The highest BCUT2D eigenvalue weighted by Crippen LogP contribution is 2.22. The molecule has 1 amide bonds. The van der Waals surface area contributed by atoms with Gasteiger partial charge in [-0.1, -0.05) is 11.8 Å². The maximum Gasteiger partial charge on any atom is 0.221 e. The molecule has 1 aromatic heterocycles. The van der Waals surface area contributed by atoms with Gasteiger partial charge >= 0.3 is 0 Å². The van der Waals surface area contributed by atoms with Crippen molar-refractivity contribution in [2.75, 3.05) is 17.3 Å². The summed E-state index contributed by atoms with van der Waals surface area (Å²) in [6.45, 7) is 3.20. The van der Waals surface area contributed by atoms with Crippen LogP contribution in [-0.2, 0) is 4.79 Å². The maximum absolute atomic E-state index is 10.8. The van der Waals surface area contributed by atoms with Gasteiger partial charge in [-0.2, -0.15) is 0 Å². The van der Waals surface area contributed by atoms with Crippen LogP contribution in [0, 0.1) is 6.92 Å². The van der Waals surface area contributed by atoms with Crippen molar-refractivity contribution < 1.29 is 4.79 Å². The van der Waals surface area contributed by atoms with Gasteiger partial charge in [0.15, 0.2) is 11.0 Å². The number of thioether (sulfide) groups is 1. The lowest BCUT2D eigenvalue weighted by Gasteiger charge is -2.09. The second kappa shape index (κ2) is 4.28. The molecule has 1 heterocycles. The van der Waals surface area contributed by atoms with Crippen molar-refractivity contribution >= 4 is 29.2 Å². The number of anilines is 2. The average molecular weight is 212 g/mol. The summed E-state index contributed by atoms with van der Waals surface area (Å²) in [4.78, 5) is 19.0. The Morgan fingerprint density at radius 1 is 1.50 bits per heavy atom. The number of aromatic nitrogens is 2. The molecule has 0 aromatic carbocycles. The normalized spacial score (nSPS) is 9.93. The molecule has 0 aliphatic carbocycles. The largest absolute Gasteiger partial charge is 0.382 e. The highest BCUT2D eigenvalue weighted by atomic mass is 32.2. The fourth-order valence-corrected chi connectivity index (χ4v) is 1.41. The lowest BCUT2D eigenvalue weighted by molar-refractivity contribution is -0.114. The molecule has 6 heteroatoms. The smallest absolute Gasteiger partial charge is 0.221 e. The Morgan fingerprint density at radius 3 is 2.57 bits per heavy atom. The predicted molar refractivity (Wildman–Crippen MR) is 57.3 cm³/mol. The van der Waals surface area contributed by atoms with Crippen LogP contribution >= 0.6 is 11.8 Å². The van der Waals surface area contributed by atoms with E-state index in [1.165, 1.54) is 18.7 Å². The van der Waals surface area contributed by atoms with Crippen LogP contribution in [0.5, 0.6) is 0 Å². The van der Waals surface area contributed by atoms with E-state index >= 15 is 0 Å². The van der Waals surface area contributed by atoms with Gasteiger partial charge in [-0.25, -0.2) is 9.97 Å². The molecule has 5 nitrogen and oxygen atoms in total. The van der Waals surface area contributed by atoms with E-state index in [1.807, 2.05) is 6.26 Å². The Morgan fingerprint density at radius 2 is 2.14 bits per heavy atom. The molecule has 0 atom stereocenters. The molecule has 0 aliphatic heterocycles. The quantitative estimate of drug-likeness (QED) is 0.565. The summed E-state index contributed by atoms with van der Waals surface area (Å²) in [5.74, 6) is 0.123. The minimum absolute atomic E-state index is 0.180. The summed E-state index contributed by atoms with van der Waals surface area (Å²) in [5, 5.41) is 3.20. The molecule has 0 spiro atoms. The van der Waals surface area contributed by atoms with Gasteiger partial charge in [0.25, 0.3) is 0 Å². The van der Waals surface area contributed by atoms with Crippen molar-refractivity contribution in [3.63, 3.8) is 0 Å². The zero-order valence-corrected chi connectivity index (χ0v) is 9.10. The SMILES string of the molecule is CSc1nc(C)c(NC(C)=O)c(N)n1. The Labute approximate surface area is 86.5 Å². The number of hydrogen-bond donors (Lipinski definition) is 2. The first kappa shape index (κ1) is 10.8. The summed E-state index contributed by atoms with van der Waals surface area (Å²) in [5.41, 5.74) is 6.84. The molecule has 0 bridgehead atoms. The van der Waals surface area contributed by atoms with E-state index in [0.29, 0.717) is 22.4 Å². The van der Waals surface area contributed by atoms with Crippen LogP contribution in [0.2, 0.25) is 0 Å². The van der Waals surface area contributed by atoms with E-state index in [2.05, 4.69) is 15.3 Å². The number of carbonyl (C=O) groups excluding carboxylic acids is 1. The van der Waals surface area contributed by atoms with Crippen LogP contribution in [-0.4, -0.2) is 22.1 Å². The van der Waals surface area contributed by atoms with Crippen molar-refractivity contribution in [2.24, 2.45) is 0 Å². The van der Waals surface area contributed by atoms with E-state index < -0.39 is 0 Å². The highest BCUT2D eigenvalue weighted by Gasteiger charge is 2.09. The van der Waals surface area contributed by atoms with Crippen LogP contribution < -0.4 is 11.1 Å².